The molecule has 0 aromatic carbocycles. The molecule has 78 valence electrons. The highest BCUT2D eigenvalue weighted by molar-refractivity contribution is 5.82. The highest BCUT2D eigenvalue weighted by Gasteiger charge is 2.45. The van der Waals surface area contributed by atoms with Gasteiger partial charge in [-0.1, -0.05) is 0 Å². The minimum atomic E-state index is -4.91. The molecule has 0 saturated heterocycles. The first kappa shape index (κ1) is 10.8. The Morgan fingerprint density at radius 3 is 2.21 bits per heavy atom. The average Bonchev–Trinajstić information content (AvgIpc) is 2.52. The number of rotatable bonds is 1. The molecular formula is C8H9F3N2O. The van der Waals surface area contributed by atoms with Gasteiger partial charge < -0.3 is 5.32 Å². The molecule has 3 nitrogen and oxygen atoms in total. The standard InChI is InChI=1S/C8H9F3N2O/c9-8(10,11)6(14)13-7(5-12)3-1-2-4-7/h1-4H2,(H,13,14). The lowest BCUT2D eigenvalue weighted by Crippen LogP contribution is -2.50. The molecule has 0 unspecified atom stereocenters. The van der Waals surface area contributed by atoms with Gasteiger partial charge in [0.2, 0.25) is 0 Å². The maximum atomic E-state index is 11.9. The zero-order valence-corrected chi connectivity index (χ0v) is 7.32. The highest BCUT2D eigenvalue weighted by Crippen LogP contribution is 2.30. The summed E-state index contributed by atoms with van der Waals surface area (Å²) in [6, 6.07) is 1.75. The van der Waals surface area contributed by atoms with Crippen LogP contribution in [0.2, 0.25) is 0 Å². The Labute approximate surface area is 78.9 Å². The zero-order chi connectivity index (χ0) is 10.8. The molecule has 0 aromatic heterocycles. The summed E-state index contributed by atoms with van der Waals surface area (Å²) in [5.41, 5.74) is -1.30. The summed E-state index contributed by atoms with van der Waals surface area (Å²) in [4.78, 5) is 10.6. The van der Waals surface area contributed by atoms with Gasteiger partial charge in [0.1, 0.15) is 5.54 Å². The predicted molar refractivity (Wildman–Crippen MR) is 41.0 cm³/mol. The molecular weight excluding hydrogens is 197 g/mol. The molecule has 0 spiro atoms. The number of hydrogen-bond donors (Lipinski definition) is 1. The van der Waals surface area contributed by atoms with E-state index in [4.69, 9.17) is 5.26 Å². The number of alkyl halides is 3. The van der Waals surface area contributed by atoms with Crippen LogP contribution in [0.1, 0.15) is 25.7 Å². The van der Waals surface area contributed by atoms with Gasteiger partial charge in [0.25, 0.3) is 0 Å². The molecule has 1 fully saturated rings. The van der Waals surface area contributed by atoms with Crippen molar-refractivity contribution in [3.63, 3.8) is 0 Å². The average molecular weight is 206 g/mol. The van der Waals surface area contributed by atoms with Crippen LogP contribution in [0.15, 0.2) is 0 Å². The van der Waals surface area contributed by atoms with Crippen LogP contribution in [-0.4, -0.2) is 17.6 Å². The van der Waals surface area contributed by atoms with E-state index in [-0.39, 0.29) is 0 Å². The molecule has 0 bridgehead atoms. The number of nitrogens with one attached hydrogen (secondary N) is 1. The molecule has 0 aliphatic heterocycles. The summed E-state index contributed by atoms with van der Waals surface area (Å²) in [6.07, 6.45) is -2.97. The highest BCUT2D eigenvalue weighted by atomic mass is 19.4. The predicted octanol–water partition coefficient (Wildman–Crippen LogP) is 1.50. The summed E-state index contributed by atoms with van der Waals surface area (Å²) in [5, 5.41) is 10.5. The maximum absolute atomic E-state index is 11.9. The number of nitriles is 1. The fourth-order valence-electron chi connectivity index (χ4n) is 1.53. The molecule has 1 N–H and O–H groups in total. The van der Waals surface area contributed by atoms with Crippen LogP contribution in [0, 0.1) is 11.3 Å². The van der Waals surface area contributed by atoms with Gasteiger partial charge in [-0.15, -0.1) is 0 Å². The third-order valence-corrected chi connectivity index (χ3v) is 2.28. The normalized spacial score (nSPS) is 20.1. The largest absolute Gasteiger partial charge is 0.471 e. The van der Waals surface area contributed by atoms with Gasteiger partial charge in [0.05, 0.1) is 6.07 Å². The first-order valence-corrected chi connectivity index (χ1v) is 4.20. The van der Waals surface area contributed by atoms with Gasteiger partial charge in [-0.2, -0.15) is 18.4 Å². The summed E-state index contributed by atoms with van der Waals surface area (Å²) in [6.45, 7) is 0. The molecule has 1 amide bonds. The molecule has 0 atom stereocenters. The topological polar surface area (TPSA) is 52.9 Å². The Morgan fingerprint density at radius 2 is 1.86 bits per heavy atom. The smallest absolute Gasteiger partial charge is 0.330 e. The quantitative estimate of drug-likeness (QED) is 0.706. The van der Waals surface area contributed by atoms with E-state index in [0.717, 1.165) is 0 Å². The molecule has 1 aliphatic carbocycles. The maximum Gasteiger partial charge on any atom is 0.471 e. The molecule has 1 aliphatic rings. The van der Waals surface area contributed by atoms with Gasteiger partial charge in [-0.05, 0) is 25.7 Å². The first-order valence-electron chi connectivity index (χ1n) is 4.20. The van der Waals surface area contributed by atoms with E-state index >= 15 is 0 Å². The first-order chi connectivity index (χ1) is 6.40. The second-order valence-corrected chi connectivity index (χ2v) is 3.35. The van der Waals surface area contributed by atoms with Gasteiger partial charge >= 0.3 is 12.1 Å². The monoisotopic (exact) mass is 206 g/mol. The lowest BCUT2D eigenvalue weighted by Gasteiger charge is -2.22. The van der Waals surface area contributed by atoms with Crippen LogP contribution in [-0.2, 0) is 4.79 Å². The van der Waals surface area contributed by atoms with Crippen LogP contribution in [0.25, 0.3) is 0 Å². The van der Waals surface area contributed by atoms with E-state index in [9.17, 15) is 18.0 Å². The van der Waals surface area contributed by atoms with Crippen molar-refractivity contribution < 1.29 is 18.0 Å². The van der Waals surface area contributed by atoms with Gasteiger partial charge in [0, 0.05) is 0 Å². The minimum Gasteiger partial charge on any atom is -0.330 e. The summed E-state index contributed by atoms with van der Waals surface area (Å²) in [7, 11) is 0. The molecule has 1 saturated carbocycles. The van der Waals surface area contributed by atoms with Gasteiger partial charge in [0.15, 0.2) is 0 Å². The van der Waals surface area contributed by atoms with Crippen molar-refractivity contribution in [3.05, 3.63) is 0 Å². The number of hydrogen-bond acceptors (Lipinski definition) is 2. The molecule has 6 heteroatoms. The molecule has 1 rings (SSSR count). The van der Waals surface area contributed by atoms with Crippen molar-refractivity contribution in [2.75, 3.05) is 0 Å². The Balaban J connectivity index is 2.67. The Morgan fingerprint density at radius 1 is 1.36 bits per heavy atom. The van der Waals surface area contributed by atoms with Gasteiger partial charge in [-0.3, -0.25) is 4.79 Å². The SMILES string of the molecule is N#CC1(NC(=O)C(F)(F)F)CCCC1. The lowest BCUT2D eigenvalue weighted by atomic mass is 10.00. The van der Waals surface area contributed by atoms with E-state index in [1.807, 2.05) is 0 Å². The van der Waals surface area contributed by atoms with Crippen LogP contribution in [0.3, 0.4) is 0 Å². The van der Waals surface area contributed by atoms with Crippen molar-refractivity contribution in [2.45, 2.75) is 37.4 Å². The number of nitrogens with zero attached hydrogens (tertiary/aromatic N) is 1. The fraction of sp³-hybridized carbons (Fsp3) is 0.750. The van der Waals surface area contributed by atoms with Crippen LogP contribution >= 0.6 is 0 Å². The molecule has 0 radical (unpaired) electrons. The van der Waals surface area contributed by atoms with E-state index in [2.05, 4.69) is 0 Å². The molecule has 0 heterocycles. The number of halogens is 3. The second-order valence-electron chi connectivity index (χ2n) is 3.35. The van der Waals surface area contributed by atoms with E-state index in [1.54, 1.807) is 11.4 Å². The van der Waals surface area contributed by atoms with Crippen molar-refractivity contribution in [3.8, 4) is 6.07 Å². The van der Waals surface area contributed by atoms with Crippen LogP contribution in [0.4, 0.5) is 13.2 Å². The van der Waals surface area contributed by atoms with Crippen molar-refractivity contribution in [1.29, 1.82) is 5.26 Å². The Hall–Kier alpha value is -1.25. The number of carbonyl (C=O) groups is 1. The second kappa shape index (κ2) is 3.48. The summed E-state index contributed by atoms with van der Waals surface area (Å²) in [5.74, 6) is -2.03. The summed E-state index contributed by atoms with van der Waals surface area (Å²) >= 11 is 0. The van der Waals surface area contributed by atoms with Crippen molar-refractivity contribution >= 4 is 5.91 Å². The van der Waals surface area contributed by atoms with Crippen LogP contribution < -0.4 is 5.32 Å². The fourth-order valence-corrected chi connectivity index (χ4v) is 1.53. The van der Waals surface area contributed by atoms with Crippen LogP contribution in [0.5, 0.6) is 0 Å². The third kappa shape index (κ3) is 2.16. The molecule has 14 heavy (non-hydrogen) atoms. The molecule has 0 aromatic rings. The van der Waals surface area contributed by atoms with Crippen molar-refractivity contribution in [1.82, 2.24) is 5.32 Å². The number of amides is 1. The van der Waals surface area contributed by atoms with Gasteiger partial charge in [-0.25, -0.2) is 0 Å². The lowest BCUT2D eigenvalue weighted by molar-refractivity contribution is -0.175. The zero-order valence-electron chi connectivity index (χ0n) is 7.32. The number of carbonyl (C=O) groups excluding carboxylic acids is 1. The van der Waals surface area contributed by atoms with E-state index in [1.165, 1.54) is 0 Å². The van der Waals surface area contributed by atoms with E-state index in [0.29, 0.717) is 25.7 Å². The van der Waals surface area contributed by atoms with E-state index < -0.39 is 17.6 Å². The third-order valence-electron chi connectivity index (χ3n) is 2.28. The summed E-state index contributed by atoms with van der Waals surface area (Å²) < 4.78 is 35.7. The van der Waals surface area contributed by atoms with Crippen molar-refractivity contribution in [2.24, 2.45) is 0 Å². The Kier molecular flexibility index (Phi) is 2.69. The minimum absolute atomic E-state index is 0.297. The Bertz CT molecular complexity index is 273.